The van der Waals surface area contributed by atoms with Crippen molar-refractivity contribution in [1.82, 2.24) is 10.2 Å². The molecule has 31 heavy (non-hydrogen) atoms. The first-order valence-corrected chi connectivity index (χ1v) is 11.6. The molecule has 0 spiro atoms. The second kappa shape index (κ2) is 7.41. The molecule has 0 amide bonds. The first-order chi connectivity index (χ1) is 15.1. The van der Waals surface area contributed by atoms with Gasteiger partial charge in [-0.3, -0.25) is 0 Å². The molecule has 2 aromatic rings. The van der Waals surface area contributed by atoms with E-state index >= 15 is 0 Å². The van der Waals surface area contributed by atoms with Gasteiger partial charge in [-0.25, -0.2) is 4.39 Å². The summed E-state index contributed by atoms with van der Waals surface area (Å²) in [5.41, 5.74) is 3.42. The Morgan fingerprint density at radius 3 is 2.68 bits per heavy atom. The molecule has 1 aromatic heterocycles. The fourth-order valence-corrected chi connectivity index (χ4v) is 5.58. The number of aromatic hydroxyl groups is 1. The van der Waals surface area contributed by atoms with Crippen molar-refractivity contribution < 1.29 is 19.3 Å². The molecule has 164 valence electrons. The largest absolute Gasteiger partial charge is 0.507 e. The summed E-state index contributed by atoms with van der Waals surface area (Å²) >= 11 is 0. The van der Waals surface area contributed by atoms with Gasteiger partial charge in [0.25, 0.3) is 0 Å². The van der Waals surface area contributed by atoms with E-state index in [1.54, 1.807) is 6.07 Å². The molecule has 2 bridgehead atoms. The summed E-state index contributed by atoms with van der Waals surface area (Å²) in [4.78, 5) is 0. The van der Waals surface area contributed by atoms with E-state index in [9.17, 15) is 14.6 Å². The number of phenolic OH excluding ortho intramolecular Hbond substituents is 1. The Labute approximate surface area is 180 Å². The molecule has 2 aliphatic heterocycles. The highest BCUT2D eigenvalue weighted by molar-refractivity contribution is 5.74. The van der Waals surface area contributed by atoms with Crippen LogP contribution in [0.5, 0.6) is 5.75 Å². The number of hydrogen-bond donors (Lipinski definition) is 3. The summed E-state index contributed by atoms with van der Waals surface area (Å²) in [6.07, 6.45) is 7.94. The van der Waals surface area contributed by atoms with Crippen LogP contribution >= 0.6 is 0 Å². The zero-order chi connectivity index (χ0) is 21.1. The van der Waals surface area contributed by atoms with Crippen LogP contribution in [0.4, 0.5) is 10.2 Å². The van der Waals surface area contributed by atoms with E-state index < -0.39 is 6.10 Å². The molecule has 4 atom stereocenters. The maximum Gasteiger partial charge on any atom is 0.152 e. The van der Waals surface area contributed by atoms with Crippen LogP contribution in [-0.4, -0.2) is 38.7 Å². The van der Waals surface area contributed by atoms with Crippen molar-refractivity contribution in [2.75, 3.05) is 5.32 Å². The molecule has 3 fully saturated rings. The number of benzene rings is 1. The number of nitrogens with one attached hydrogen (secondary N) is 1. The highest BCUT2D eigenvalue weighted by Gasteiger charge is 2.39. The van der Waals surface area contributed by atoms with Crippen LogP contribution in [-0.2, 0) is 11.2 Å². The standard InChI is InChI=1S/C24H28FN3O3/c25-17-10-15(20(30)11-14(17)12-5-6-12)23-22-16(9-13-7-8-21(22)31-13)24(28-27-23)26-18-3-1-2-4-19(18)29/h10-13,18-19,21,29-30H,1-9H2,(H,26,28)/t13?,18-,19-,21?/m1/s1. The predicted molar refractivity (Wildman–Crippen MR) is 114 cm³/mol. The molecular weight excluding hydrogens is 397 g/mol. The van der Waals surface area contributed by atoms with Crippen LogP contribution in [0.25, 0.3) is 11.3 Å². The fraction of sp³-hybridized carbons (Fsp3) is 0.583. The van der Waals surface area contributed by atoms with Crippen LogP contribution in [0, 0.1) is 5.82 Å². The van der Waals surface area contributed by atoms with E-state index in [0.717, 1.165) is 62.5 Å². The molecule has 6 nitrogen and oxygen atoms in total. The fourth-order valence-electron chi connectivity index (χ4n) is 5.58. The molecule has 0 radical (unpaired) electrons. The van der Waals surface area contributed by atoms with Gasteiger partial charge in [0.15, 0.2) is 5.82 Å². The van der Waals surface area contributed by atoms with Crippen molar-refractivity contribution in [3.8, 4) is 17.0 Å². The lowest BCUT2D eigenvalue weighted by molar-refractivity contribution is 0.0325. The molecule has 1 saturated heterocycles. The van der Waals surface area contributed by atoms with Gasteiger partial charge in [0.1, 0.15) is 17.3 Å². The normalized spacial score (nSPS) is 29.6. The van der Waals surface area contributed by atoms with Gasteiger partial charge in [-0.1, -0.05) is 12.8 Å². The number of ether oxygens (including phenoxy) is 1. The highest BCUT2D eigenvalue weighted by Crippen LogP contribution is 2.49. The van der Waals surface area contributed by atoms with Crippen LogP contribution in [0.3, 0.4) is 0 Å². The van der Waals surface area contributed by atoms with Gasteiger partial charge in [-0.15, -0.1) is 10.2 Å². The first kappa shape index (κ1) is 19.4. The van der Waals surface area contributed by atoms with Crippen molar-refractivity contribution in [2.24, 2.45) is 0 Å². The Hall–Kier alpha value is -2.25. The highest BCUT2D eigenvalue weighted by atomic mass is 19.1. The van der Waals surface area contributed by atoms with Crippen LogP contribution in [0.15, 0.2) is 12.1 Å². The number of rotatable bonds is 4. The summed E-state index contributed by atoms with van der Waals surface area (Å²) in [5, 5.41) is 33.6. The third kappa shape index (κ3) is 3.38. The molecule has 3 N–H and O–H groups in total. The van der Waals surface area contributed by atoms with E-state index in [2.05, 4.69) is 15.5 Å². The van der Waals surface area contributed by atoms with Crippen molar-refractivity contribution in [2.45, 2.75) is 88.1 Å². The molecule has 1 aromatic carbocycles. The quantitative estimate of drug-likeness (QED) is 0.675. The lowest BCUT2D eigenvalue weighted by Gasteiger charge is -2.32. The Kier molecular flexibility index (Phi) is 4.65. The number of aliphatic hydroxyl groups is 1. The zero-order valence-corrected chi connectivity index (χ0v) is 17.5. The molecule has 7 heteroatoms. The summed E-state index contributed by atoms with van der Waals surface area (Å²) in [6.45, 7) is 0. The third-order valence-electron chi connectivity index (χ3n) is 7.42. The lowest BCUT2D eigenvalue weighted by atomic mass is 9.91. The molecule has 2 aliphatic carbocycles. The minimum Gasteiger partial charge on any atom is -0.507 e. The Bertz CT molecular complexity index is 1030. The van der Waals surface area contributed by atoms with Crippen LogP contribution < -0.4 is 5.32 Å². The number of phenols is 1. The minimum atomic E-state index is -0.393. The smallest absolute Gasteiger partial charge is 0.152 e. The SMILES string of the molecule is Oc1cc(C2CC2)c(F)cc1-c1nnc(N[C@@H]2CCCC[C@H]2O)c2c1C1CCC(C2)O1. The van der Waals surface area contributed by atoms with Gasteiger partial charge in [0.05, 0.1) is 24.4 Å². The Balaban J connectivity index is 1.43. The van der Waals surface area contributed by atoms with Gasteiger partial charge >= 0.3 is 0 Å². The van der Waals surface area contributed by atoms with Gasteiger partial charge in [-0.2, -0.15) is 0 Å². The van der Waals surface area contributed by atoms with E-state index in [1.807, 2.05) is 0 Å². The van der Waals surface area contributed by atoms with Gasteiger partial charge < -0.3 is 20.3 Å². The molecule has 2 unspecified atom stereocenters. The third-order valence-corrected chi connectivity index (χ3v) is 7.42. The van der Waals surface area contributed by atoms with E-state index in [-0.39, 0.29) is 35.7 Å². The zero-order valence-electron chi connectivity index (χ0n) is 17.5. The second-order valence-electron chi connectivity index (χ2n) is 9.59. The summed E-state index contributed by atoms with van der Waals surface area (Å²) in [5.74, 6) is 0.662. The number of nitrogens with zero attached hydrogens (tertiary/aromatic N) is 2. The topological polar surface area (TPSA) is 87.5 Å². The number of anilines is 1. The van der Waals surface area contributed by atoms with Gasteiger partial charge in [0, 0.05) is 23.1 Å². The molecule has 6 rings (SSSR count). The van der Waals surface area contributed by atoms with E-state index in [0.29, 0.717) is 29.1 Å². The van der Waals surface area contributed by atoms with Crippen molar-refractivity contribution in [3.63, 3.8) is 0 Å². The monoisotopic (exact) mass is 425 g/mol. The minimum absolute atomic E-state index is 0.0397. The van der Waals surface area contributed by atoms with Crippen LogP contribution in [0.1, 0.15) is 80.1 Å². The van der Waals surface area contributed by atoms with Crippen LogP contribution in [0.2, 0.25) is 0 Å². The van der Waals surface area contributed by atoms with Crippen molar-refractivity contribution in [3.05, 3.63) is 34.6 Å². The Morgan fingerprint density at radius 2 is 1.87 bits per heavy atom. The summed E-state index contributed by atoms with van der Waals surface area (Å²) < 4.78 is 21.0. The average Bonchev–Trinajstić information content (AvgIpc) is 3.54. The number of halogens is 1. The van der Waals surface area contributed by atoms with Crippen molar-refractivity contribution >= 4 is 5.82 Å². The van der Waals surface area contributed by atoms with E-state index in [1.165, 1.54) is 6.07 Å². The summed E-state index contributed by atoms with van der Waals surface area (Å²) in [6, 6.07) is 2.93. The van der Waals surface area contributed by atoms with E-state index in [4.69, 9.17) is 4.74 Å². The van der Waals surface area contributed by atoms with Gasteiger partial charge in [0.2, 0.25) is 0 Å². The number of aromatic nitrogens is 2. The second-order valence-corrected chi connectivity index (χ2v) is 9.59. The van der Waals surface area contributed by atoms with Crippen molar-refractivity contribution in [1.29, 1.82) is 0 Å². The molecule has 4 aliphatic rings. The average molecular weight is 426 g/mol. The van der Waals surface area contributed by atoms with Gasteiger partial charge in [-0.05, 0) is 62.1 Å². The molecule has 3 heterocycles. The molecular formula is C24H28FN3O3. The lowest BCUT2D eigenvalue weighted by Crippen LogP contribution is -2.37. The number of aliphatic hydroxyl groups excluding tert-OH is 1. The number of fused-ring (bicyclic) bond motifs is 4. The maximum atomic E-state index is 14.8. The molecule has 2 saturated carbocycles. The Morgan fingerprint density at radius 1 is 1.03 bits per heavy atom. The summed E-state index contributed by atoms with van der Waals surface area (Å²) in [7, 11) is 0. The number of hydrogen-bond acceptors (Lipinski definition) is 6. The maximum absolute atomic E-state index is 14.8. The predicted octanol–water partition coefficient (Wildman–Crippen LogP) is 4.36. The first-order valence-electron chi connectivity index (χ1n) is 11.6.